The molecule has 5 heteroatoms. The normalized spacial score (nSPS) is 9.80. The predicted molar refractivity (Wildman–Crippen MR) is 40.7 cm³/mol. The number of carbonyl (C=O) groups excluding carboxylic acids is 1. The number of ketones is 1. The standard InChI is InChI=1S/C5H6BrN3O/c1-2(10)4-3(6)5(7)9-8-4/h1H3,(H3,7,8,9). The van der Waals surface area contributed by atoms with E-state index in [1.165, 1.54) is 6.92 Å². The number of anilines is 1. The average Bonchev–Trinajstić information content (AvgIpc) is 2.14. The molecule has 10 heavy (non-hydrogen) atoms. The smallest absolute Gasteiger partial charge is 0.178 e. The molecule has 1 heterocycles. The monoisotopic (exact) mass is 203 g/mol. The van der Waals surface area contributed by atoms with Gasteiger partial charge in [0.25, 0.3) is 0 Å². The van der Waals surface area contributed by atoms with E-state index in [1.54, 1.807) is 0 Å². The average molecular weight is 204 g/mol. The summed E-state index contributed by atoms with van der Waals surface area (Å²) < 4.78 is 0.542. The Kier molecular flexibility index (Phi) is 1.76. The van der Waals surface area contributed by atoms with Crippen LogP contribution >= 0.6 is 15.9 Å². The van der Waals surface area contributed by atoms with Gasteiger partial charge in [-0.2, -0.15) is 5.10 Å². The summed E-state index contributed by atoms with van der Waals surface area (Å²) in [4.78, 5) is 10.7. The summed E-state index contributed by atoms with van der Waals surface area (Å²) in [5.41, 5.74) is 5.75. The largest absolute Gasteiger partial charge is 0.381 e. The van der Waals surface area contributed by atoms with Crippen molar-refractivity contribution in [3.05, 3.63) is 10.2 Å². The van der Waals surface area contributed by atoms with Gasteiger partial charge in [-0.15, -0.1) is 0 Å². The van der Waals surface area contributed by atoms with Crippen LogP contribution in [0.1, 0.15) is 17.4 Å². The highest BCUT2D eigenvalue weighted by Crippen LogP contribution is 2.20. The summed E-state index contributed by atoms with van der Waals surface area (Å²) in [6, 6.07) is 0. The number of nitrogen functional groups attached to an aromatic ring is 1. The van der Waals surface area contributed by atoms with Crippen LogP contribution in [-0.2, 0) is 0 Å². The maximum atomic E-state index is 10.7. The van der Waals surface area contributed by atoms with Gasteiger partial charge in [0, 0.05) is 6.92 Å². The van der Waals surface area contributed by atoms with Gasteiger partial charge < -0.3 is 5.73 Å². The number of hydrogen-bond acceptors (Lipinski definition) is 3. The minimum absolute atomic E-state index is 0.0870. The number of hydrogen-bond donors (Lipinski definition) is 2. The lowest BCUT2D eigenvalue weighted by molar-refractivity contribution is 0.101. The maximum Gasteiger partial charge on any atom is 0.178 e. The molecule has 54 valence electrons. The highest BCUT2D eigenvalue weighted by atomic mass is 79.9. The summed E-state index contributed by atoms with van der Waals surface area (Å²) >= 11 is 3.11. The van der Waals surface area contributed by atoms with Crippen LogP contribution in [0.2, 0.25) is 0 Å². The van der Waals surface area contributed by atoms with E-state index < -0.39 is 0 Å². The second kappa shape index (κ2) is 2.42. The third-order valence-electron chi connectivity index (χ3n) is 1.08. The van der Waals surface area contributed by atoms with Crippen molar-refractivity contribution in [1.82, 2.24) is 10.2 Å². The fourth-order valence-corrected chi connectivity index (χ4v) is 1.03. The number of Topliss-reactive ketones (excluding diaryl/α,β-unsaturated/α-hetero) is 1. The minimum atomic E-state index is -0.0870. The van der Waals surface area contributed by atoms with E-state index in [4.69, 9.17) is 5.73 Å². The lowest BCUT2D eigenvalue weighted by atomic mass is 10.3. The molecule has 0 aliphatic heterocycles. The Morgan fingerprint density at radius 1 is 1.80 bits per heavy atom. The van der Waals surface area contributed by atoms with Crippen LogP contribution in [0.3, 0.4) is 0 Å². The molecule has 0 unspecified atom stereocenters. The fourth-order valence-electron chi connectivity index (χ4n) is 0.576. The van der Waals surface area contributed by atoms with Crippen LogP contribution in [0.4, 0.5) is 5.82 Å². The van der Waals surface area contributed by atoms with Gasteiger partial charge in [-0.05, 0) is 15.9 Å². The lowest BCUT2D eigenvalue weighted by Crippen LogP contribution is -1.92. The molecule has 0 saturated carbocycles. The van der Waals surface area contributed by atoms with Crippen molar-refractivity contribution < 1.29 is 4.79 Å². The van der Waals surface area contributed by atoms with Crippen LogP contribution in [-0.4, -0.2) is 16.0 Å². The first-order valence-corrected chi connectivity index (χ1v) is 3.42. The zero-order valence-electron chi connectivity index (χ0n) is 5.31. The van der Waals surface area contributed by atoms with Crippen LogP contribution in [0.5, 0.6) is 0 Å². The van der Waals surface area contributed by atoms with Crippen molar-refractivity contribution in [2.45, 2.75) is 6.92 Å². The molecular weight excluding hydrogens is 198 g/mol. The molecule has 0 saturated heterocycles. The molecule has 1 aromatic rings. The molecule has 1 rings (SSSR count). The Labute approximate surface area is 65.9 Å². The molecule has 0 amide bonds. The zero-order chi connectivity index (χ0) is 7.72. The predicted octanol–water partition coefficient (Wildman–Crippen LogP) is 0.957. The first-order chi connectivity index (χ1) is 4.63. The number of aromatic amines is 1. The number of nitrogens with zero attached hydrogens (tertiary/aromatic N) is 1. The highest BCUT2D eigenvalue weighted by molar-refractivity contribution is 9.10. The summed E-state index contributed by atoms with van der Waals surface area (Å²) in [6.45, 7) is 1.44. The topological polar surface area (TPSA) is 71.8 Å². The molecule has 1 aromatic heterocycles. The van der Waals surface area contributed by atoms with Crippen LogP contribution < -0.4 is 5.73 Å². The second-order valence-electron chi connectivity index (χ2n) is 1.85. The van der Waals surface area contributed by atoms with Crippen molar-refractivity contribution in [3.63, 3.8) is 0 Å². The van der Waals surface area contributed by atoms with E-state index in [1.807, 2.05) is 0 Å². The number of carbonyl (C=O) groups is 1. The summed E-state index contributed by atoms with van der Waals surface area (Å²) in [5.74, 6) is 0.223. The Balaban J connectivity index is 3.17. The van der Waals surface area contributed by atoms with Gasteiger partial charge in [-0.1, -0.05) is 0 Å². The number of nitrogens with two attached hydrogens (primary N) is 1. The molecule has 0 spiro atoms. The van der Waals surface area contributed by atoms with Crippen molar-refractivity contribution in [2.24, 2.45) is 0 Å². The Bertz CT molecular complexity index is 268. The number of nitrogens with one attached hydrogen (secondary N) is 1. The van der Waals surface area contributed by atoms with Crippen LogP contribution in [0.15, 0.2) is 4.47 Å². The fraction of sp³-hybridized carbons (Fsp3) is 0.200. The first kappa shape index (κ1) is 7.27. The minimum Gasteiger partial charge on any atom is -0.381 e. The summed E-state index contributed by atoms with van der Waals surface area (Å²) in [7, 11) is 0. The van der Waals surface area contributed by atoms with Crippen molar-refractivity contribution in [1.29, 1.82) is 0 Å². The zero-order valence-corrected chi connectivity index (χ0v) is 6.90. The van der Waals surface area contributed by atoms with E-state index in [2.05, 4.69) is 26.1 Å². The molecule has 0 bridgehead atoms. The van der Waals surface area contributed by atoms with Gasteiger partial charge in [-0.3, -0.25) is 9.89 Å². The van der Waals surface area contributed by atoms with Crippen LogP contribution in [0, 0.1) is 0 Å². The van der Waals surface area contributed by atoms with Gasteiger partial charge >= 0.3 is 0 Å². The quantitative estimate of drug-likeness (QED) is 0.669. The van der Waals surface area contributed by atoms with E-state index in [-0.39, 0.29) is 5.78 Å². The first-order valence-electron chi connectivity index (χ1n) is 2.63. The van der Waals surface area contributed by atoms with Crippen molar-refractivity contribution >= 4 is 27.5 Å². The van der Waals surface area contributed by atoms with E-state index in [0.717, 1.165) is 0 Å². The van der Waals surface area contributed by atoms with Gasteiger partial charge in [0.2, 0.25) is 0 Å². The maximum absolute atomic E-state index is 10.7. The number of halogens is 1. The van der Waals surface area contributed by atoms with E-state index in [9.17, 15) is 4.79 Å². The number of aromatic nitrogens is 2. The number of rotatable bonds is 1. The third kappa shape index (κ3) is 1.04. The summed E-state index contributed by atoms with van der Waals surface area (Å²) in [6.07, 6.45) is 0. The molecule has 3 N–H and O–H groups in total. The van der Waals surface area contributed by atoms with E-state index in [0.29, 0.717) is 16.0 Å². The molecule has 0 atom stereocenters. The molecule has 0 aliphatic rings. The van der Waals surface area contributed by atoms with Crippen molar-refractivity contribution in [2.75, 3.05) is 5.73 Å². The Morgan fingerprint density at radius 3 is 2.60 bits per heavy atom. The molecule has 0 aliphatic carbocycles. The third-order valence-corrected chi connectivity index (χ3v) is 1.89. The Hall–Kier alpha value is -0.840. The second-order valence-corrected chi connectivity index (χ2v) is 2.65. The molecule has 0 aromatic carbocycles. The van der Waals surface area contributed by atoms with Gasteiger partial charge in [0.1, 0.15) is 5.69 Å². The SMILES string of the molecule is CC(=O)c1[nH]nc(N)c1Br. The van der Waals surface area contributed by atoms with Gasteiger partial charge in [0.05, 0.1) is 4.47 Å². The lowest BCUT2D eigenvalue weighted by Gasteiger charge is -1.87. The Morgan fingerprint density at radius 2 is 2.40 bits per heavy atom. The highest BCUT2D eigenvalue weighted by Gasteiger charge is 2.10. The molecule has 4 nitrogen and oxygen atoms in total. The van der Waals surface area contributed by atoms with Crippen molar-refractivity contribution in [3.8, 4) is 0 Å². The molecule has 0 fully saturated rings. The molecule has 0 radical (unpaired) electrons. The van der Waals surface area contributed by atoms with Gasteiger partial charge in [0.15, 0.2) is 11.6 Å². The molecular formula is C5H6BrN3O. The van der Waals surface area contributed by atoms with Crippen LogP contribution in [0.25, 0.3) is 0 Å². The summed E-state index contributed by atoms with van der Waals surface area (Å²) in [5, 5.41) is 6.12. The van der Waals surface area contributed by atoms with E-state index >= 15 is 0 Å². The number of H-pyrrole nitrogens is 1. The van der Waals surface area contributed by atoms with Gasteiger partial charge in [-0.25, -0.2) is 0 Å².